The number of rotatable bonds is 3. The van der Waals surface area contributed by atoms with Crippen molar-refractivity contribution in [3.63, 3.8) is 0 Å². The van der Waals surface area contributed by atoms with Crippen LogP contribution in [-0.2, 0) is 0 Å². The molecule has 1 aliphatic carbocycles. The van der Waals surface area contributed by atoms with Gasteiger partial charge in [-0.2, -0.15) is 0 Å². The number of thioether (sulfide) groups is 1. The summed E-state index contributed by atoms with van der Waals surface area (Å²) in [5, 5.41) is 4.97. The Morgan fingerprint density at radius 3 is 2.61 bits per heavy atom. The van der Waals surface area contributed by atoms with Crippen LogP contribution in [0.1, 0.15) is 59.8 Å². The zero-order valence-electron chi connectivity index (χ0n) is 12.3. The van der Waals surface area contributed by atoms with Gasteiger partial charge in [0, 0.05) is 11.3 Å². The third kappa shape index (κ3) is 3.23. The molecule has 0 aromatic carbocycles. The lowest BCUT2D eigenvalue weighted by atomic mass is 9.78. The van der Waals surface area contributed by atoms with E-state index in [2.05, 4.69) is 33.0 Å². The molecule has 2 fully saturated rings. The topological polar surface area (TPSA) is 24.4 Å². The molecular formula is C15H28N2S. The number of hydrogen-bond acceptors (Lipinski definition) is 2. The van der Waals surface area contributed by atoms with Crippen molar-refractivity contribution in [1.29, 1.82) is 0 Å². The molecule has 1 saturated carbocycles. The highest BCUT2D eigenvalue weighted by Crippen LogP contribution is 2.38. The number of nitrogens with zero attached hydrogens (tertiary/aromatic N) is 1. The molecular weight excluding hydrogens is 240 g/mol. The maximum absolute atomic E-state index is 4.93. The quantitative estimate of drug-likeness (QED) is 0.834. The summed E-state index contributed by atoms with van der Waals surface area (Å²) in [4.78, 5) is 4.93. The summed E-state index contributed by atoms with van der Waals surface area (Å²) in [6, 6.07) is 0.484. The minimum atomic E-state index is 0.380. The Morgan fingerprint density at radius 1 is 1.39 bits per heavy atom. The molecule has 3 heteroatoms. The molecule has 1 aliphatic heterocycles. The smallest absolute Gasteiger partial charge is 0.157 e. The van der Waals surface area contributed by atoms with E-state index in [-0.39, 0.29) is 0 Å². The van der Waals surface area contributed by atoms with E-state index in [0.29, 0.717) is 17.5 Å². The number of aliphatic imine (C=N–C) groups is 1. The maximum atomic E-state index is 4.93. The van der Waals surface area contributed by atoms with E-state index in [9.17, 15) is 0 Å². The molecule has 1 heterocycles. The van der Waals surface area contributed by atoms with Crippen molar-refractivity contribution in [3.05, 3.63) is 0 Å². The van der Waals surface area contributed by atoms with Gasteiger partial charge in [-0.1, -0.05) is 39.5 Å². The predicted octanol–water partition coefficient (Wildman–Crippen LogP) is 4.06. The Balaban J connectivity index is 1.97. The molecule has 0 amide bonds. The van der Waals surface area contributed by atoms with Gasteiger partial charge in [0.25, 0.3) is 0 Å². The van der Waals surface area contributed by atoms with Crippen LogP contribution in [0.5, 0.6) is 0 Å². The highest BCUT2D eigenvalue weighted by atomic mass is 32.2. The van der Waals surface area contributed by atoms with Gasteiger partial charge >= 0.3 is 0 Å². The third-order valence-electron chi connectivity index (χ3n) is 4.56. The number of hydrogen-bond donors (Lipinski definition) is 1. The molecule has 1 atom stereocenters. The highest BCUT2D eigenvalue weighted by Gasteiger charge is 2.39. The standard InChI is InChI=1S/C15H28N2S/c1-5-13(11(2)3)16-14-17-15(10-18-14)8-6-12(4)7-9-15/h11-13H,5-10H2,1-4H3,(H,16,17). The first-order valence-electron chi connectivity index (χ1n) is 7.53. The maximum Gasteiger partial charge on any atom is 0.157 e. The Morgan fingerprint density at radius 2 is 2.06 bits per heavy atom. The molecule has 2 rings (SSSR count). The number of amidine groups is 1. The Bertz CT molecular complexity index is 304. The Kier molecular flexibility index (Phi) is 4.63. The van der Waals surface area contributed by atoms with Gasteiger partial charge in [0.1, 0.15) is 0 Å². The average molecular weight is 268 g/mol. The van der Waals surface area contributed by atoms with Crippen LogP contribution in [0, 0.1) is 11.8 Å². The fourth-order valence-electron chi connectivity index (χ4n) is 3.02. The lowest BCUT2D eigenvalue weighted by molar-refractivity contribution is 0.250. The fraction of sp³-hybridized carbons (Fsp3) is 0.933. The van der Waals surface area contributed by atoms with E-state index in [4.69, 9.17) is 4.99 Å². The molecule has 18 heavy (non-hydrogen) atoms. The van der Waals surface area contributed by atoms with Crippen LogP contribution in [-0.4, -0.2) is 22.5 Å². The van der Waals surface area contributed by atoms with Crippen molar-refractivity contribution in [2.24, 2.45) is 16.8 Å². The van der Waals surface area contributed by atoms with E-state index < -0.39 is 0 Å². The van der Waals surface area contributed by atoms with Crippen LogP contribution in [0.15, 0.2) is 4.99 Å². The van der Waals surface area contributed by atoms with Gasteiger partial charge in [-0.15, -0.1) is 0 Å². The molecule has 1 unspecified atom stereocenters. The lowest BCUT2D eigenvalue weighted by Crippen LogP contribution is -2.46. The highest BCUT2D eigenvalue weighted by molar-refractivity contribution is 8.14. The first-order chi connectivity index (χ1) is 8.54. The molecule has 1 N–H and O–H groups in total. The van der Waals surface area contributed by atoms with E-state index in [0.717, 1.165) is 12.3 Å². The lowest BCUT2D eigenvalue weighted by Gasteiger charge is -2.35. The second-order valence-corrected chi connectivity index (χ2v) is 7.49. The molecule has 0 aromatic heterocycles. The number of nitrogens with one attached hydrogen (secondary N) is 1. The first kappa shape index (κ1) is 14.2. The van der Waals surface area contributed by atoms with Crippen LogP contribution in [0.3, 0.4) is 0 Å². The van der Waals surface area contributed by atoms with E-state index in [1.165, 1.54) is 36.6 Å². The summed E-state index contributed by atoms with van der Waals surface area (Å²) in [6.45, 7) is 9.17. The Labute approximate surface area is 116 Å². The summed E-state index contributed by atoms with van der Waals surface area (Å²) < 4.78 is 0. The van der Waals surface area contributed by atoms with E-state index >= 15 is 0 Å². The minimum Gasteiger partial charge on any atom is -0.359 e. The van der Waals surface area contributed by atoms with Crippen molar-refractivity contribution in [1.82, 2.24) is 5.32 Å². The molecule has 0 bridgehead atoms. The largest absolute Gasteiger partial charge is 0.359 e. The molecule has 0 radical (unpaired) electrons. The molecule has 1 saturated heterocycles. The minimum absolute atomic E-state index is 0.380. The molecule has 2 nitrogen and oxygen atoms in total. The first-order valence-corrected chi connectivity index (χ1v) is 8.52. The predicted molar refractivity (Wildman–Crippen MR) is 82.3 cm³/mol. The summed E-state index contributed by atoms with van der Waals surface area (Å²) in [7, 11) is 0. The zero-order chi connectivity index (χ0) is 13.2. The van der Waals surface area contributed by atoms with Crippen molar-refractivity contribution >= 4 is 16.9 Å². The van der Waals surface area contributed by atoms with E-state index in [1.807, 2.05) is 11.8 Å². The van der Waals surface area contributed by atoms with Crippen molar-refractivity contribution in [3.8, 4) is 0 Å². The fourth-order valence-corrected chi connectivity index (χ4v) is 4.29. The van der Waals surface area contributed by atoms with Crippen LogP contribution in [0.2, 0.25) is 0 Å². The van der Waals surface area contributed by atoms with Crippen LogP contribution < -0.4 is 5.32 Å². The SMILES string of the molecule is CCC(N=C1NC2(CCC(C)CC2)CS1)C(C)C. The third-order valence-corrected chi connectivity index (χ3v) is 5.74. The van der Waals surface area contributed by atoms with Gasteiger partial charge in [-0.3, -0.25) is 4.99 Å². The molecule has 1 spiro atoms. The molecule has 0 aromatic rings. The van der Waals surface area contributed by atoms with Crippen molar-refractivity contribution in [2.75, 3.05) is 5.75 Å². The van der Waals surface area contributed by atoms with Gasteiger partial charge in [-0.25, -0.2) is 0 Å². The van der Waals surface area contributed by atoms with Crippen LogP contribution in [0.25, 0.3) is 0 Å². The van der Waals surface area contributed by atoms with Gasteiger partial charge in [-0.05, 0) is 43.9 Å². The van der Waals surface area contributed by atoms with Crippen molar-refractivity contribution < 1.29 is 0 Å². The van der Waals surface area contributed by atoms with Gasteiger partial charge in [0.05, 0.1) is 6.04 Å². The normalized spacial score (nSPS) is 36.3. The second-order valence-electron chi connectivity index (χ2n) is 6.53. The Hall–Kier alpha value is -0.180. The monoisotopic (exact) mass is 268 g/mol. The summed E-state index contributed by atoms with van der Waals surface area (Å²) in [5.74, 6) is 2.79. The van der Waals surface area contributed by atoms with Crippen molar-refractivity contribution in [2.45, 2.75) is 71.4 Å². The molecule has 2 aliphatic rings. The van der Waals surface area contributed by atoms with Crippen LogP contribution in [0.4, 0.5) is 0 Å². The molecule has 104 valence electrons. The van der Waals surface area contributed by atoms with E-state index in [1.54, 1.807) is 0 Å². The van der Waals surface area contributed by atoms with Crippen LogP contribution >= 0.6 is 11.8 Å². The second kappa shape index (κ2) is 5.85. The summed E-state index contributed by atoms with van der Waals surface area (Å²) in [5.41, 5.74) is 0.380. The zero-order valence-corrected chi connectivity index (χ0v) is 13.1. The summed E-state index contributed by atoms with van der Waals surface area (Å²) >= 11 is 1.95. The van der Waals surface area contributed by atoms with Gasteiger partial charge < -0.3 is 5.32 Å². The van der Waals surface area contributed by atoms with Gasteiger partial charge in [0.15, 0.2) is 5.17 Å². The summed E-state index contributed by atoms with van der Waals surface area (Å²) in [6.07, 6.45) is 6.56. The average Bonchev–Trinajstić information content (AvgIpc) is 2.73. The van der Waals surface area contributed by atoms with Gasteiger partial charge in [0.2, 0.25) is 0 Å².